The van der Waals surface area contributed by atoms with Crippen molar-refractivity contribution < 1.29 is 0 Å². The van der Waals surface area contributed by atoms with Gasteiger partial charge < -0.3 is 5.73 Å². The first-order valence-corrected chi connectivity index (χ1v) is 6.33. The first-order valence-electron chi connectivity index (χ1n) is 6.33. The Balaban J connectivity index is 1.63. The highest BCUT2D eigenvalue weighted by atomic mass is 15.2. The van der Waals surface area contributed by atoms with Gasteiger partial charge in [-0.1, -0.05) is 18.6 Å². The molecule has 0 aromatic heterocycles. The van der Waals surface area contributed by atoms with Crippen LogP contribution in [0.2, 0.25) is 0 Å². The van der Waals surface area contributed by atoms with Crippen molar-refractivity contribution in [2.45, 2.75) is 32.2 Å². The zero-order valence-corrected chi connectivity index (χ0v) is 9.78. The number of rotatable bonds is 2. The second kappa shape index (κ2) is 3.77. The van der Waals surface area contributed by atoms with E-state index in [1.165, 1.54) is 44.3 Å². The highest BCUT2D eigenvalue weighted by molar-refractivity contribution is 5.40. The SMILES string of the molecule is Nc1cccc(CN2CCC3(CCC3)C2)c1. The van der Waals surface area contributed by atoms with Crippen LogP contribution in [0.25, 0.3) is 0 Å². The number of benzene rings is 1. The molecule has 2 N–H and O–H groups in total. The van der Waals surface area contributed by atoms with Gasteiger partial charge in [-0.2, -0.15) is 0 Å². The standard InChI is InChI=1S/C14H20N2/c15-13-4-1-3-12(9-13)10-16-8-7-14(11-16)5-2-6-14/h1,3-4,9H,2,5-8,10-11,15H2. The van der Waals surface area contributed by atoms with E-state index in [2.05, 4.69) is 23.1 Å². The van der Waals surface area contributed by atoms with Crippen LogP contribution in [0.15, 0.2) is 24.3 Å². The minimum Gasteiger partial charge on any atom is -0.399 e. The Kier molecular flexibility index (Phi) is 2.40. The van der Waals surface area contributed by atoms with Gasteiger partial charge >= 0.3 is 0 Å². The lowest BCUT2D eigenvalue weighted by atomic mass is 9.68. The average molecular weight is 216 g/mol. The van der Waals surface area contributed by atoms with Crippen LogP contribution in [0.4, 0.5) is 5.69 Å². The quantitative estimate of drug-likeness (QED) is 0.770. The molecule has 2 aliphatic rings. The number of hydrogen-bond acceptors (Lipinski definition) is 2. The zero-order valence-electron chi connectivity index (χ0n) is 9.78. The highest BCUT2D eigenvalue weighted by Gasteiger charge is 2.42. The van der Waals surface area contributed by atoms with Crippen LogP contribution in [-0.4, -0.2) is 18.0 Å². The summed E-state index contributed by atoms with van der Waals surface area (Å²) in [5, 5.41) is 0. The molecule has 1 spiro atoms. The summed E-state index contributed by atoms with van der Waals surface area (Å²) in [4.78, 5) is 2.59. The topological polar surface area (TPSA) is 29.3 Å². The highest BCUT2D eigenvalue weighted by Crippen LogP contribution is 2.48. The Morgan fingerprint density at radius 3 is 2.75 bits per heavy atom. The first-order chi connectivity index (χ1) is 7.76. The van der Waals surface area contributed by atoms with E-state index in [1.807, 2.05) is 6.07 Å². The van der Waals surface area contributed by atoms with Gasteiger partial charge in [0, 0.05) is 18.8 Å². The molecule has 0 bridgehead atoms. The summed E-state index contributed by atoms with van der Waals surface area (Å²) < 4.78 is 0. The maximum absolute atomic E-state index is 5.80. The van der Waals surface area contributed by atoms with Crippen molar-refractivity contribution in [3.05, 3.63) is 29.8 Å². The molecule has 2 fully saturated rings. The van der Waals surface area contributed by atoms with Gasteiger partial charge in [-0.3, -0.25) is 4.90 Å². The maximum atomic E-state index is 5.80. The summed E-state index contributed by atoms with van der Waals surface area (Å²) in [5.41, 5.74) is 8.76. The van der Waals surface area contributed by atoms with Crippen LogP contribution in [0.3, 0.4) is 0 Å². The lowest BCUT2D eigenvalue weighted by Crippen LogP contribution is -2.32. The van der Waals surface area contributed by atoms with Crippen molar-refractivity contribution in [1.82, 2.24) is 4.90 Å². The van der Waals surface area contributed by atoms with E-state index in [9.17, 15) is 0 Å². The Morgan fingerprint density at radius 1 is 1.25 bits per heavy atom. The Morgan fingerprint density at radius 2 is 2.12 bits per heavy atom. The summed E-state index contributed by atoms with van der Waals surface area (Å²) in [7, 11) is 0. The van der Waals surface area contributed by atoms with Crippen LogP contribution < -0.4 is 5.73 Å². The van der Waals surface area contributed by atoms with Crippen molar-refractivity contribution >= 4 is 5.69 Å². The fraction of sp³-hybridized carbons (Fsp3) is 0.571. The van der Waals surface area contributed by atoms with Gasteiger partial charge in [0.15, 0.2) is 0 Å². The second-order valence-corrected chi connectivity index (χ2v) is 5.56. The molecule has 16 heavy (non-hydrogen) atoms. The van der Waals surface area contributed by atoms with Crippen LogP contribution in [0.5, 0.6) is 0 Å². The minimum atomic E-state index is 0.709. The molecule has 1 aliphatic heterocycles. The maximum Gasteiger partial charge on any atom is 0.0317 e. The minimum absolute atomic E-state index is 0.709. The van der Waals surface area contributed by atoms with Crippen molar-refractivity contribution in [3.63, 3.8) is 0 Å². The van der Waals surface area contributed by atoms with Crippen LogP contribution in [0.1, 0.15) is 31.2 Å². The van der Waals surface area contributed by atoms with E-state index in [0.717, 1.165) is 12.2 Å². The molecule has 1 saturated heterocycles. The third-order valence-electron chi connectivity index (χ3n) is 4.29. The molecule has 0 amide bonds. The predicted octanol–water partition coefficient (Wildman–Crippen LogP) is 2.64. The van der Waals surface area contributed by atoms with Crippen LogP contribution >= 0.6 is 0 Å². The van der Waals surface area contributed by atoms with Crippen LogP contribution in [0, 0.1) is 5.41 Å². The number of nitrogen functional groups attached to an aromatic ring is 1. The fourth-order valence-corrected chi connectivity index (χ4v) is 3.20. The van der Waals surface area contributed by atoms with Crippen molar-refractivity contribution in [3.8, 4) is 0 Å². The van der Waals surface area contributed by atoms with Gasteiger partial charge in [-0.25, -0.2) is 0 Å². The number of hydrogen-bond donors (Lipinski definition) is 1. The molecular weight excluding hydrogens is 196 g/mol. The first kappa shape index (κ1) is 10.2. The fourth-order valence-electron chi connectivity index (χ4n) is 3.20. The molecule has 0 atom stereocenters. The van der Waals surface area contributed by atoms with E-state index in [4.69, 9.17) is 5.73 Å². The summed E-state index contributed by atoms with van der Waals surface area (Å²) in [5.74, 6) is 0. The number of nitrogens with zero attached hydrogens (tertiary/aromatic N) is 1. The Hall–Kier alpha value is -1.02. The zero-order chi connectivity index (χ0) is 11.0. The second-order valence-electron chi connectivity index (χ2n) is 5.56. The van der Waals surface area contributed by atoms with E-state index >= 15 is 0 Å². The summed E-state index contributed by atoms with van der Waals surface area (Å²) in [6.07, 6.45) is 5.78. The molecule has 1 aromatic carbocycles. The molecular formula is C14H20N2. The van der Waals surface area contributed by atoms with Crippen molar-refractivity contribution in [1.29, 1.82) is 0 Å². The molecule has 2 nitrogen and oxygen atoms in total. The predicted molar refractivity (Wildman–Crippen MR) is 67.0 cm³/mol. The molecule has 1 saturated carbocycles. The van der Waals surface area contributed by atoms with E-state index in [1.54, 1.807) is 0 Å². The molecule has 3 rings (SSSR count). The number of nitrogens with two attached hydrogens (primary N) is 1. The largest absolute Gasteiger partial charge is 0.399 e. The summed E-state index contributed by atoms with van der Waals surface area (Å²) in [6, 6.07) is 8.30. The summed E-state index contributed by atoms with van der Waals surface area (Å²) >= 11 is 0. The van der Waals surface area contributed by atoms with Gasteiger partial charge in [0.2, 0.25) is 0 Å². The molecule has 0 unspecified atom stereocenters. The third kappa shape index (κ3) is 1.82. The molecule has 86 valence electrons. The number of likely N-dealkylation sites (tertiary alicyclic amines) is 1. The lowest BCUT2D eigenvalue weighted by molar-refractivity contribution is 0.137. The Bertz CT molecular complexity index is 382. The third-order valence-corrected chi connectivity index (χ3v) is 4.29. The van der Waals surface area contributed by atoms with E-state index in [-0.39, 0.29) is 0 Å². The number of anilines is 1. The van der Waals surface area contributed by atoms with Crippen molar-refractivity contribution in [2.75, 3.05) is 18.8 Å². The van der Waals surface area contributed by atoms with E-state index < -0.39 is 0 Å². The van der Waals surface area contributed by atoms with Crippen LogP contribution in [-0.2, 0) is 6.54 Å². The smallest absolute Gasteiger partial charge is 0.0317 e. The Labute approximate surface area is 97.4 Å². The normalized spacial score (nSPS) is 23.5. The molecule has 1 heterocycles. The monoisotopic (exact) mass is 216 g/mol. The molecule has 1 aromatic rings. The van der Waals surface area contributed by atoms with Gasteiger partial charge in [0.25, 0.3) is 0 Å². The summed E-state index contributed by atoms with van der Waals surface area (Å²) in [6.45, 7) is 3.66. The van der Waals surface area contributed by atoms with Gasteiger partial charge in [-0.15, -0.1) is 0 Å². The average Bonchev–Trinajstić information content (AvgIpc) is 2.62. The van der Waals surface area contributed by atoms with Gasteiger partial charge in [0.05, 0.1) is 0 Å². The van der Waals surface area contributed by atoms with Gasteiger partial charge in [0.1, 0.15) is 0 Å². The molecule has 2 heteroatoms. The lowest BCUT2D eigenvalue weighted by Gasteiger charge is -2.38. The van der Waals surface area contributed by atoms with E-state index in [0.29, 0.717) is 5.41 Å². The van der Waals surface area contributed by atoms with Gasteiger partial charge in [-0.05, 0) is 48.9 Å². The molecule has 1 aliphatic carbocycles. The molecule has 0 radical (unpaired) electrons. The van der Waals surface area contributed by atoms with Crippen molar-refractivity contribution in [2.24, 2.45) is 5.41 Å².